The van der Waals surface area contributed by atoms with Crippen molar-refractivity contribution in [3.63, 3.8) is 0 Å². The number of aryl methyl sites for hydroxylation is 1. The lowest BCUT2D eigenvalue weighted by molar-refractivity contribution is -0.127. The molecule has 156 valence electrons. The quantitative estimate of drug-likeness (QED) is 0.708. The van der Waals surface area contributed by atoms with Gasteiger partial charge in [0, 0.05) is 18.8 Å². The molecule has 3 atom stereocenters. The van der Waals surface area contributed by atoms with Crippen molar-refractivity contribution in [1.29, 1.82) is 0 Å². The van der Waals surface area contributed by atoms with Gasteiger partial charge in [-0.25, -0.2) is 0 Å². The van der Waals surface area contributed by atoms with Crippen LogP contribution in [0.4, 0.5) is 5.69 Å². The maximum atomic E-state index is 12.6. The lowest BCUT2D eigenvalue weighted by Gasteiger charge is -2.33. The molecule has 0 bridgehead atoms. The minimum absolute atomic E-state index is 0.0655. The van der Waals surface area contributed by atoms with Crippen molar-refractivity contribution in [2.45, 2.75) is 59.1 Å². The maximum absolute atomic E-state index is 12.6. The van der Waals surface area contributed by atoms with Gasteiger partial charge in [0.05, 0.1) is 6.04 Å². The van der Waals surface area contributed by atoms with Crippen LogP contribution in [0.15, 0.2) is 48.5 Å². The fourth-order valence-corrected chi connectivity index (χ4v) is 3.97. The van der Waals surface area contributed by atoms with Crippen LogP contribution in [0.25, 0.3) is 0 Å². The first kappa shape index (κ1) is 21.2. The molecule has 2 aromatic rings. The van der Waals surface area contributed by atoms with Gasteiger partial charge in [0.25, 0.3) is 5.91 Å². The number of para-hydroxylation sites is 1. The Morgan fingerprint density at radius 3 is 2.59 bits per heavy atom. The second-order valence-corrected chi connectivity index (χ2v) is 8.24. The van der Waals surface area contributed by atoms with E-state index in [0.29, 0.717) is 0 Å². The summed E-state index contributed by atoms with van der Waals surface area (Å²) in [6.07, 6.45) is 2.91. The second kappa shape index (κ2) is 9.82. The predicted molar refractivity (Wildman–Crippen MR) is 120 cm³/mol. The van der Waals surface area contributed by atoms with Crippen molar-refractivity contribution < 1.29 is 9.53 Å². The summed E-state index contributed by atoms with van der Waals surface area (Å²) in [5.74, 6) is 1.43. The standard InChI is InChI=1S/C25H34N2O2/c1-5-21-10-6-7-11-24(21)29-20(4)25(28)26-19(3)22-12-14-23(15-13-22)27-16-8-9-18(2)17-27/h6-7,10-15,18-20H,5,8-9,16-17H2,1-4H3,(H,26,28)/t18-,19+,20+/m0/s1. The van der Waals surface area contributed by atoms with Crippen LogP contribution in [0.3, 0.4) is 0 Å². The zero-order chi connectivity index (χ0) is 20.8. The van der Waals surface area contributed by atoms with E-state index in [1.807, 2.05) is 31.2 Å². The number of ether oxygens (including phenoxy) is 1. The first-order chi connectivity index (χ1) is 14.0. The summed E-state index contributed by atoms with van der Waals surface area (Å²) >= 11 is 0. The first-order valence-electron chi connectivity index (χ1n) is 10.9. The highest BCUT2D eigenvalue weighted by Gasteiger charge is 2.20. The van der Waals surface area contributed by atoms with Crippen molar-refractivity contribution in [2.24, 2.45) is 5.92 Å². The van der Waals surface area contributed by atoms with E-state index < -0.39 is 6.10 Å². The van der Waals surface area contributed by atoms with Crippen LogP contribution in [0.5, 0.6) is 5.75 Å². The third-order valence-electron chi connectivity index (χ3n) is 5.80. The molecule has 0 aliphatic carbocycles. The smallest absolute Gasteiger partial charge is 0.261 e. The van der Waals surface area contributed by atoms with E-state index in [-0.39, 0.29) is 11.9 Å². The Morgan fingerprint density at radius 1 is 1.17 bits per heavy atom. The number of carbonyl (C=O) groups is 1. The van der Waals surface area contributed by atoms with Crippen molar-refractivity contribution in [1.82, 2.24) is 5.32 Å². The fourth-order valence-electron chi connectivity index (χ4n) is 3.97. The van der Waals surface area contributed by atoms with Crippen LogP contribution in [0.1, 0.15) is 57.7 Å². The fraction of sp³-hybridized carbons (Fsp3) is 0.480. The van der Waals surface area contributed by atoms with E-state index in [2.05, 4.69) is 48.3 Å². The summed E-state index contributed by atoms with van der Waals surface area (Å²) in [6, 6.07) is 16.4. The molecule has 0 aromatic heterocycles. The topological polar surface area (TPSA) is 41.6 Å². The SMILES string of the molecule is CCc1ccccc1O[C@H](C)C(=O)N[C@H](C)c1ccc(N2CCC[C@H](C)C2)cc1. The average molecular weight is 395 g/mol. The second-order valence-electron chi connectivity index (χ2n) is 8.24. The van der Waals surface area contributed by atoms with Crippen LogP contribution in [-0.2, 0) is 11.2 Å². The Bertz CT molecular complexity index is 803. The molecule has 1 aliphatic rings. The molecule has 1 N–H and O–H groups in total. The number of hydrogen-bond donors (Lipinski definition) is 1. The van der Waals surface area contributed by atoms with Crippen molar-refractivity contribution in [3.8, 4) is 5.75 Å². The normalized spacial score (nSPS) is 18.8. The van der Waals surface area contributed by atoms with Gasteiger partial charge in [0.15, 0.2) is 6.10 Å². The Labute approximate surface area is 175 Å². The summed E-state index contributed by atoms with van der Waals surface area (Å²) < 4.78 is 5.92. The number of nitrogens with one attached hydrogen (secondary N) is 1. The molecule has 1 aliphatic heterocycles. The molecule has 1 fully saturated rings. The highest BCUT2D eigenvalue weighted by Crippen LogP contribution is 2.25. The number of anilines is 1. The number of piperidine rings is 1. The first-order valence-corrected chi connectivity index (χ1v) is 10.9. The predicted octanol–water partition coefficient (Wildman–Crippen LogP) is 5.13. The Balaban J connectivity index is 1.57. The maximum Gasteiger partial charge on any atom is 0.261 e. The molecule has 3 rings (SSSR count). The summed E-state index contributed by atoms with van der Waals surface area (Å²) in [5.41, 5.74) is 3.49. The van der Waals surface area contributed by atoms with E-state index in [4.69, 9.17) is 4.74 Å². The Morgan fingerprint density at radius 2 is 1.90 bits per heavy atom. The highest BCUT2D eigenvalue weighted by atomic mass is 16.5. The van der Waals surface area contributed by atoms with E-state index in [9.17, 15) is 4.79 Å². The van der Waals surface area contributed by atoms with Gasteiger partial charge < -0.3 is 15.0 Å². The van der Waals surface area contributed by atoms with Gasteiger partial charge in [-0.1, -0.05) is 44.2 Å². The largest absolute Gasteiger partial charge is 0.481 e. The van der Waals surface area contributed by atoms with Gasteiger partial charge in [0.2, 0.25) is 0 Å². The summed E-state index contributed by atoms with van der Waals surface area (Å²) in [6.45, 7) is 10.5. The van der Waals surface area contributed by atoms with Crippen LogP contribution in [-0.4, -0.2) is 25.1 Å². The number of rotatable bonds is 7. The van der Waals surface area contributed by atoms with E-state index >= 15 is 0 Å². The Kier molecular flexibility index (Phi) is 7.18. The molecular weight excluding hydrogens is 360 g/mol. The molecule has 0 radical (unpaired) electrons. The highest BCUT2D eigenvalue weighted by molar-refractivity contribution is 5.81. The number of nitrogens with zero attached hydrogens (tertiary/aromatic N) is 1. The van der Waals surface area contributed by atoms with Gasteiger partial charge in [0.1, 0.15) is 5.75 Å². The summed E-state index contributed by atoms with van der Waals surface area (Å²) in [5, 5.41) is 3.08. The zero-order valence-electron chi connectivity index (χ0n) is 18.2. The average Bonchev–Trinajstić information content (AvgIpc) is 2.74. The van der Waals surface area contributed by atoms with Gasteiger partial charge in [-0.15, -0.1) is 0 Å². The monoisotopic (exact) mass is 394 g/mol. The lowest BCUT2D eigenvalue weighted by atomic mass is 9.99. The molecule has 4 heteroatoms. The van der Waals surface area contributed by atoms with Crippen molar-refractivity contribution in [2.75, 3.05) is 18.0 Å². The van der Waals surface area contributed by atoms with Crippen LogP contribution >= 0.6 is 0 Å². The molecule has 1 saturated heterocycles. The molecule has 29 heavy (non-hydrogen) atoms. The number of amides is 1. The van der Waals surface area contributed by atoms with Crippen LogP contribution in [0.2, 0.25) is 0 Å². The number of benzene rings is 2. The molecule has 0 unspecified atom stereocenters. The number of carbonyl (C=O) groups excluding carboxylic acids is 1. The van der Waals surface area contributed by atoms with Crippen molar-refractivity contribution >= 4 is 11.6 Å². The summed E-state index contributed by atoms with van der Waals surface area (Å²) in [4.78, 5) is 15.1. The lowest BCUT2D eigenvalue weighted by Crippen LogP contribution is -2.38. The van der Waals surface area contributed by atoms with Crippen LogP contribution in [0, 0.1) is 5.92 Å². The van der Waals surface area contributed by atoms with Gasteiger partial charge in [-0.05, 0) is 68.4 Å². The molecule has 4 nitrogen and oxygen atoms in total. The van der Waals surface area contributed by atoms with E-state index in [1.165, 1.54) is 18.5 Å². The molecule has 2 aromatic carbocycles. The van der Waals surface area contributed by atoms with Crippen molar-refractivity contribution in [3.05, 3.63) is 59.7 Å². The zero-order valence-corrected chi connectivity index (χ0v) is 18.2. The van der Waals surface area contributed by atoms with E-state index in [1.54, 1.807) is 6.92 Å². The Hall–Kier alpha value is -2.49. The molecule has 0 spiro atoms. The minimum atomic E-state index is -0.542. The van der Waals surface area contributed by atoms with E-state index in [0.717, 1.165) is 42.3 Å². The van der Waals surface area contributed by atoms with Gasteiger partial charge >= 0.3 is 0 Å². The van der Waals surface area contributed by atoms with Crippen LogP contribution < -0.4 is 15.0 Å². The summed E-state index contributed by atoms with van der Waals surface area (Å²) in [7, 11) is 0. The molecule has 1 heterocycles. The van der Waals surface area contributed by atoms with Gasteiger partial charge in [-0.2, -0.15) is 0 Å². The molecular formula is C25H34N2O2. The molecule has 0 saturated carbocycles. The minimum Gasteiger partial charge on any atom is -0.481 e. The third-order valence-corrected chi connectivity index (χ3v) is 5.80. The molecule has 1 amide bonds. The third kappa shape index (κ3) is 5.53. The number of hydrogen-bond acceptors (Lipinski definition) is 3. The van der Waals surface area contributed by atoms with Gasteiger partial charge in [-0.3, -0.25) is 4.79 Å².